The van der Waals surface area contributed by atoms with Crippen molar-refractivity contribution in [1.82, 2.24) is 10.2 Å². The number of likely N-dealkylation sites (tertiary alicyclic amines) is 1. The van der Waals surface area contributed by atoms with Crippen molar-refractivity contribution in [1.29, 1.82) is 0 Å². The van der Waals surface area contributed by atoms with Crippen molar-refractivity contribution in [2.75, 3.05) is 0 Å². The maximum absolute atomic E-state index is 13.0. The lowest BCUT2D eigenvalue weighted by molar-refractivity contribution is -0.141. The highest BCUT2D eigenvalue weighted by Gasteiger charge is 2.47. The summed E-state index contributed by atoms with van der Waals surface area (Å²) in [5, 5.41) is 12.2. The van der Waals surface area contributed by atoms with E-state index in [-0.39, 0.29) is 17.9 Å². The number of carbonyl (C=O) groups excluding carboxylic acids is 2. The first-order valence-corrected chi connectivity index (χ1v) is 9.17. The van der Waals surface area contributed by atoms with Crippen LogP contribution < -0.4 is 5.32 Å². The van der Waals surface area contributed by atoms with Crippen LogP contribution in [0.2, 0.25) is 0 Å². The Morgan fingerprint density at radius 1 is 1.29 bits per heavy atom. The summed E-state index contributed by atoms with van der Waals surface area (Å²) >= 11 is 1.32. The molecule has 1 aromatic rings. The van der Waals surface area contributed by atoms with Gasteiger partial charge in [0.15, 0.2) is 0 Å². The summed E-state index contributed by atoms with van der Waals surface area (Å²) in [4.78, 5) is 38.6. The van der Waals surface area contributed by atoms with Gasteiger partial charge in [-0.2, -0.15) is 0 Å². The topological polar surface area (TPSA) is 86.7 Å². The average molecular weight is 350 g/mol. The summed E-state index contributed by atoms with van der Waals surface area (Å²) in [7, 11) is 0. The fourth-order valence-corrected chi connectivity index (χ4v) is 4.79. The van der Waals surface area contributed by atoms with Crippen LogP contribution in [0.3, 0.4) is 0 Å². The van der Waals surface area contributed by atoms with Crippen LogP contribution >= 0.6 is 11.3 Å². The van der Waals surface area contributed by atoms with E-state index < -0.39 is 12.0 Å². The zero-order valence-corrected chi connectivity index (χ0v) is 14.5. The van der Waals surface area contributed by atoms with Crippen molar-refractivity contribution in [3.8, 4) is 0 Å². The normalized spacial score (nSPS) is 26.0. The average Bonchev–Trinajstić information content (AvgIpc) is 3.17. The molecule has 0 unspecified atom stereocenters. The molecule has 1 aliphatic carbocycles. The third-order valence-corrected chi connectivity index (χ3v) is 6.06. The summed E-state index contributed by atoms with van der Waals surface area (Å²) < 4.78 is 0. The largest absolute Gasteiger partial charge is 0.480 e. The van der Waals surface area contributed by atoms with Crippen molar-refractivity contribution in [3.63, 3.8) is 0 Å². The number of fused-ring (bicyclic) bond motifs is 1. The summed E-state index contributed by atoms with van der Waals surface area (Å²) in [6.45, 7) is 1.84. The van der Waals surface area contributed by atoms with Gasteiger partial charge < -0.3 is 15.3 Å². The Morgan fingerprint density at radius 3 is 2.75 bits per heavy atom. The van der Waals surface area contributed by atoms with E-state index in [4.69, 9.17) is 0 Å². The standard InChI is InChI=1S/C17H22N2O4S/c1-10(20)18-9-12-6-7-15(24-12)16(21)19-13-5-3-2-4-11(13)8-14(19)17(22)23/h6-7,11,13-14H,2-5,8-9H2,1H3,(H,18,20)(H,22,23)/t11-,13+,14-/m0/s1. The highest BCUT2D eigenvalue weighted by molar-refractivity contribution is 7.14. The fourth-order valence-electron chi connectivity index (χ4n) is 3.90. The molecule has 2 fully saturated rings. The molecule has 0 bridgehead atoms. The Hall–Kier alpha value is -1.89. The van der Waals surface area contributed by atoms with Crippen LogP contribution in [0, 0.1) is 5.92 Å². The van der Waals surface area contributed by atoms with Gasteiger partial charge in [0.25, 0.3) is 5.91 Å². The molecule has 24 heavy (non-hydrogen) atoms. The molecule has 7 heteroatoms. The van der Waals surface area contributed by atoms with Crippen molar-refractivity contribution < 1.29 is 19.5 Å². The summed E-state index contributed by atoms with van der Waals surface area (Å²) in [5.41, 5.74) is 0. The van der Waals surface area contributed by atoms with Crippen molar-refractivity contribution >= 4 is 29.1 Å². The predicted octanol–water partition coefficient (Wildman–Crippen LogP) is 2.24. The quantitative estimate of drug-likeness (QED) is 0.872. The second kappa shape index (κ2) is 6.93. The molecule has 2 aliphatic rings. The van der Waals surface area contributed by atoms with Gasteiger partial charge in [-0.1, -0.05) is 12.8 Å². The van der Waals surface area contributed by atoms with Crippen LogP contribution in [0.15, 0.2) is 12.1 Å². The SMILES string of the molecule is CC(=O)NCc1ccc(C(=O)N2[C@@H]3CCCC[C@H]3C[C@H]2C(=O)O)s1. The van der Waals surface area contributed by atoms with Gasteiger partial charge in [0, 0.05) is 17.8 Å². The molecular weight excluding hydrogens is 328 g/mol. The number of carboxylic acid groups (broad SMARTS) is 1. The van der Waals surface area contributed by atoms with Crippen LogP contribution in [0.4, 0.5) is 0 Å². The van der Waals surface area contributed by atoms with E-state index >= 15 is 0 Å². The minimum absolute atomic E-state index is 0.0493. The molecule has 130 valence electrons. The number of nitrogens with zero attached hydrogens (tertiary/aromatic N) is 1. The minimum atomic E-state index is -0.909. The van der Waals surface area contributed by atoms with Crippen LogP contribution in [-0.2, 0) is 16.1 Å². The third kappa shape index (κ3) is 3.31. The lowest BCUT2D eigenvalue weighted by atomic mass is 9.85. The number of carbonyl (C=O) groups is 3. The molecule has 2 amide bonds. The Balaban J connectivity index is 1.79. The fraction of sp³-hybridized carbons (Fsp3) is 0.588. The third-order valence-electron chi connectivity index (χ3n) is 4.99. The Morgan fingerprint density at radius 2 is 2.04 bits per heavy atom. The molecular formula is C17H22N2O4S. The molecule has 2 N–H and O–H groups in total. The molecule has 0 aromatic carbocycles. The lowest BCUT2D eigenvalue weighted by Gasteiger charge is -2.32. The van der Waals surface area contributed by atoms with Gasteiger partial charge in [-0.25, -0.2) is 4.79 Å². The van der Waals surface area contributed by atoms with Crippen LogP contribution in [0.1, 0.15) is 53.6 Å². The van der Waals surface area contributed by atoms with Gasteiger partial charge in [-0.3, -0.25) is 9.59 Å². The molecule has 1 saturated heterocycles. The Bertz CT molecular complexity index is 657. The van der Waals surface area contributed by atoms with E-state index in [1.165, 1.54) is 18.3 Å². The Labute approximate surface area is 144 Å². The minimum Gasteiger partial charge on any atom is -0.480 e. The number of carboxylic acids is 1. The van der Waals surface area contributed by atoms with E-state index in [2.05, 4.69) is 5.32 Å². The number of hydrogen-bond donors (Lipinski definition) is 2. The number of amides is 2. The van der Waals surface area contributed by atoms with Crippen molar-refractivity contribution in [3.05, 3.63) is 21.9 Å². The number of hydrogen-bond acceptors (Lipinski definition) is 4. The predicted molar refractivity (Wildman–Crippen MR) is 89.8 cm³/mol. The highest BCUT2D eigenvalue weighted by atomic mass is 32.1. The van der Waals surface area contributed by atoms with Gasteiger partial charge >= 0.3 is 5.97 Å². The van der Waals surface area contributed by atoms with Gasteiger partial charge in [-0.05, 0) is 37.3 Å². The van der Waals surface area contributed by atoms with Crippen molar-refractivity contribution in [2.24, 2.45) is 5.92 Å². The van der Waals surface area contributed by atoms with Gasteiger partial charge in [0.1, 0.15) is 6.04 Å². The van der Waals surface area contributed by atoms with Crippen LogP contribution in [0.5, 0.6) is 0 Å². The maximum Gasteiger partial charge on any atom is 0.326 e. The number of aliphatic carboxylic acids is 1. The summed E-state index contributed by atoms with van der Waals surface area (Å²) in [5.74, 6) is -0.905. The van der Waals surface area contributed by atoms with E-state index in [1.807, 2.05) is 6.07 Å². The second-order valence-corrected chi connectivity index (χ2v) is 7.76. The smallest absolute Gasteiger partial charge is 0.326 e. The van der Waals surface area contributed by atoms with Crippen LogP contribution in [-0.4, -0.2) is 39.9 Å². The van der Waals surface area contributed by atoms with Gasteiger partial charge in [0.05, 0.1) is 11.4 Å². The van der Waals surface area contributed by atoms with Gasteiger partial charge in [0.2, 0.25) is 5.91 Å². The molecule has 6 nitrogen and oxygen atoms in total. The first-order chi connectivity index (χ1) is 11.5. The molecule has 0 radical (unpaired) electrons. The molecule has 3 atom stereocenters. The monoisotopic (exact) mass is 350 g/mol. The molecule has 0 spiro atoms. The second-order valence-electron chi connectivity index (χ2n) is 6.59. The van der Waals surface area contributed by atoms with E-state index in [1.54, 1.807) is 11.0 Å². The molecule has 1 aliphatic heterocycles. The zero-order valence-electron chi connectivity index (χ0n) is 13.7. The summed E-state index contributed by atoms with van der Waals surface area (Å²) in [6.07, 6.45) is 4.64. The maximum atomic E-state index is 13.0. The first-order valence-electron chi connectivity index (χ1n) is 8.36. The van der Waals surface area contributed by atoms with E-state index in [0.717, 1.165) is 30.6 Å². The molecule has 2 heterocycles. The van der Waals surface area contributed by atoms with E-state index in [9.17, 15) is 19.5 Å². The molecule has 1 aromatic heterocycles. The number of nitrogens with one attached hydrogen (secondary N) is 1. The van der Waals surface area contributed by atoms with Crippen LogP contribution in [0.25, 0.3) is 0 Å². The molecule has 3 rings (SSSR count). The number of thiophene rings is 1. The first kappa shape index (κ1) is 17.0. The Kier molecular flexibility index (Phi) is 4.89. The number of rotatable bonds is 4. The van der Waals surface area contributed by atoms with E-state index in [0.29, 0.717) is 23.8 Å². The lowest BCUT2D eigenvalue weighted by Crippen LogP contribution is -2.46. The van der Waals surface area contributed by atoms with Gasteiger partial charge in [-0.15, -0.1) is 11.3 Å². The van der Waals surface area contributed by atoms with Crippen molar-refractivity contribution in [2.45, 2.75) is 57.7 Å². The highest BCUT2D eigenvalue weighted by Crippen LogP contribution is 2.41. The molecule has 1 saturated carbocycles. The summed E-state index contributed by atoms with van der Waals surface area (Å²) in [6, 6.07) is 2.89. The zero-order chi connectivity index (χ0) is 17.3.